The highest BCUT2D eigenvalue weighted by molar-refractivity contribution is 7.09. The molecule has 2 rings (SSSR count). The summed E-state index contributed by atoms with van der Waals surface area (Å²) in [4.78, 5) is 44.1. The number of aryl methyl sites for hydroxylation is 1. The molecule has 0 fully saturated rings. The van der Waals surface area contributed by atoms with E-state index in [-0.39, 0.29) is 30.6 Å². The Kier molecular flexibility index (Phi) is 12.2. The fraction of sp³-hybridized carbons (Fsp3) is 0.533. The predicted molar refractivity (Wildman–Crippen MR) is 155 cm³/mol. The zero-order chi connectivity index (χ0) is 29.2. The number of ether oxygens (including phenoxy) is 2. The maximum atomic E-state index is 13.1. The molecule has 0 saturated heterocycles. The zero-order valence-corrected chi connectivity index (χ0v) is 25.3. The zero-order valence-electron chi connectivity index (χ0n) is 24.4. The molecule has 1 aromatic carbocycles. The largest absolute Gasteiger partial charge is 0.463 e. The van der Waals surface area contributed by atoms with Crippen molar-refractivity contribution in [2.24, 2.45) is 5.92 Å². The normalized spacial score (nSPS) is 13.5. The van der Waals surface area contributed by atoms with Gasteiger partial charge in [-0.25, -0.2) is 14.6 Å². The number of rotatable bonds is 12. The third-order valence-corrected chi connectivity index (χ3v) is 6.96. The summed E-state index contributed by atoms with van der Waals surface area (Å²) < 4.78 is 10.6. The molecule has 0 aliphatic carbocycles. The number of nitrogens with zero attached hydrogens (tertiary/aromatic N) is 2. The molecule has 2 atom stereocenters. The van der Waals surface area contributed by atoms with Gasteiger partial charge in [-0.05, 0) is 58.9 Å². The Morgan fingerprint density at radius 1 is 1.15 bits per heavy atom. The van der Waals surface area contributed by atoms with E-state index in [1.807, 2.05) is 51.1 Å². The van der Waals surface area contributed by atoms with E-state index in [0.29, 0.717) is 30.5 Å². The first-order valence-electron chi connectivity index (χ1n) is 13.4. The van der Waals surface area contributed by atoms with E-state index >= 15 is 0 Å². The van der Waals surface area contributed by atoms with Crippen LogP contribution in [0, 0.1) is 5.92 Å². The fourth-order valence-corrected chi connectivity index (χ4v) is 4.92. The van der Waals surface area contributed by atoms with Gasteiger partial charge in [-0.3, -0.25) is 4.79 Å². The van der Waals surface area contributed by atoms with Crippen LogP contribution in [0.2, 0.25) is 0 Å². The lowest BCUT2D eigenvalue weighted by Gasteiger charge is -2.33. The molecule has 0 aliphatic heterocycles. The molecule has 2 aromatic rings. The van der Waals surface area contributed by atoms with Gasteiger partial charge in [0.25, 0.3) is 5.91 Å². The molecule has 8 nitrogen and oxygen atoms in total. The smallest absolute Gasteiger partial charge is 0.410 e. The lowest BCUT2D eigenvalue weighted by atomic mass is 9.98. The molecule has 0 saturated carbocycles. The Hall–Kier alpha value is -3.20. The van der Waals surface area contributed by atoms with E-state index in [9.17, 15) is 14.4 Å². The molecule has 0 aliphatic rings. The molecular formula is C30H43N3O5S. The Balaban J connectivity index is 2.10. The highest BCUT2D eigenvalue weighted by atomic mass is 32.1. The maximum absolute atomic E-state index is 13.1. The lowest BCUT2D eigenvalue weighted by Crippen LogP contribution is -2.43. The molecule has 39 heavy (non-hydrogen) atoms. The molecule has 1 aromatic heterocycles. The fourth-order valence-electron chi connectivity index (χ4n) is 4.12. The van der Waals surface area contributed by atoms with Crippen molar-refractivity contribution in [3.05, 3.63) is 63.6 Å². The van der Waals surface area contributed by atoms with E-state index in [1.165, 1.54) is 11.3 Å². The van der Waals surface area contributed by atoms with Gasteiger partial charge >= 0.3 is 12.1 Å². The van der Waals surface area contributed by atoms with Gasteiger partial charge in [0.2, 0.25) is 0 Å². The minimum atomic E-state index is -0.563. The highest BCUT2D eigenvalue weighted by Gasteiger charge is 2.27. The third-order valence-electron chi connectivity index (χ3n) is 6.05. The Labute approximate surface area is 236 Å². The Bertz CT molecular complexity index is 1120. The standard InChI is InChI=1S/C30H43N3O5S/c1-9-37-28(35)21(4)17-23(18-22-13-11-10-12-14-22)31-27(34)24-19-39-26(32-24)16-15-25(20(2)3)33(8)29(36)38-30(5,6)7/h10-14,17,19-20,23,25H,9,15-16,18H2,1-8H3,(H,31,34)/t23-,25-/m1/s1. The minimum absolute atomic E-state index is 0.0349. The van der Waals surface area contributed by atoms with Crippen molar-refractivity contribution >= 4 is 29.3 Å². The number of hydrogen-bond donors (Lipinski definition) is 1. The van der Waals surface area contributed by atoms with Crippen molar-refractivity contribution < 1.29 is 23.9 Å². The molecule has 0 spiro atoms. The van der Waals surface area contributed by atoms with E-state index in [1.54, 1.807) is 37.3 Å². The van der Waals surface area contributed by atoms with Gasteiger partial charge < -0.3 is 19.7 Å². The van der Waals surface area contributed by atoms with E-state index in [2.05, 4.69) is 24.1 Å². The summed E-state index contributed by atoms with van der Waals surface area (Å²) >= 11 is 1.42. The van der Waals surface area contributed by atoms with E-state index < -0.39 is 17.6 Å². The first kappa shape index (κ1) is 32.0. The van der Waals surface area contributed by atoms with Gasteiger partial charge in [-0.2, -0.15) is 0 Å². The molecule has 0 unspecified atom stereocenters. The third kappa shape index (κ3) is 10.8. The van der Waals surface area contributed by atoms with Crippen LogP contribution in [0.25, 0.3) is 0 Å². The molecule has 0 radical (unpaired) electrons. The van der Waals surface area contributed by atoms with Gasteiger partial charge in [0, 0.05) is 30.5 Å². The second kappa shape index (κ2) is 14.8. The summed E-state index contributed by atoms with van der Waals surface area (Å²) in [6, 6.07) is 9.32. The number of carbonyl (C=O) groups excluding carboxylic acids is 3. The van der Waals surface area contributed by atoms with Gasteiger partial charge in [0.1, 0.15) is 11.3 Å². The van der Waals surface area contributed by atoms with Crippen molar-refractivity contribution in [1.82, 2.24) is 15.2 Å². The monoisotopic (exact) mass is 557 g/mol. The topological polar surface area (TPSA) is 97.8 Å². The van der Waals surface area contributed by atoms with Crippen molar-refractivity contribution in [3.63, 3.8) is 0 Å². The van der Waals surface area contributed by atoms with Crippen LogP contribution in [0.3, 0.4) is 0 Å². The molecule has 2 amide bonds. The van der Waals surface area contributed by atoms with Crippen molar-refractivity contribution in [3.8, 4) is 0 Å². The first-order chi connectivity index (χ1) is 18.3. The molecule has 1 heterocycles. The second-order valence-electron chi connectivity index (χ2n) is 10.9. The maximum Gasteiger partial charge on any atom is 0.410 e. The molecular weight excluding hydrogens is 514 g/mol. The Morgan fingerprint density at radius 2 is 1.82 bits per heavy atom. The number of benzene rings is 1. The molecule has 0 bridgehead atoms. The minimum Gasteiger partial charge on any atom is -0.463 e. The van der Waals surface area contributed by atoms with Crippen LogP contribution in [0.1, 0.15) is 75.9 Å². The Morgan fingerprint density at radius 3 is 2.41 bits per heavy atom. The summed E-state index contributed by atoms with van der Waals surface area (Å²) in [5, 5.41) is 5.58. The van der Waals surface area contributed by atoms with Crippen LogP contribution in [0.4, 0.5) is 4.79 Å². The van der Waals surface area contributed by atoms with E-state index in [0.717, 1.165) is 10.6 Å². The quantitative estimate of drug-likeness (QED) is 0.261. The average Bonchev–Trinajstić information content (AvgIpc) is 3.32. The van der Waals surface area contributed by atoms with Crippen LogP contribution in [-0.4, -0.2) is 59.2 Å². The van der Waals surface area contributed by atoms with Crippen molar-refractivity contribution in [1.29, 1.82) is 0 Å². The van der Waals surface area contributed by atoms with Crippen molar-refractivity contribution in [2.45, 2.75) is 85.4 Å². The van der Waals surface area contributed by atoms with Crippen LogP contribution in [0.5, 0.6) is 0 Å². The van der Waals surface area contributed by atoms with Crippen LogP contribution >= 0.6 is 11.3 Å². The van der Waals surface area contributed by atoms with Crippen LogP contribution in [0.15, 0.2) is 47.4 Å². The summed E-state index contributed by atoms with van der Waals surface area (Å²) in [6.45, 7) is 13.4. The van der Waals surface area contributed by atoms with Crippen LogP contribution < -0.4 is 5.32 Å². The summed E-state index contributed by atoms with van der Waals surface area (Å²) in [7, 11) is 1.76. The number of nitrogens with one attached hydrogen (secondary N) is 1. The molecule has 214 valence electrons. The predicted octanol–water partition coefficient (Wildman–Crippen LogP) is 5.82. The van der Waals surface area contributed by atoms with Gasteiger partial charge in [-0.1, -0.05) is 50.3 Å². The average molecular weight is 558 g/mol. The number of hydrogen-bond acceptors (Lipinski definition) is 7. The second-order valence-corrected chi connectivity index (χ2v) is 11.9. The SMILES string of the molecule is CCOC(=O)C(C)=C[C@H](Cc1ccccc1)NC(=O)c1csc(CC[C@H](C(C)C)N(C)C(=O)OC(C)(C)C)n1. The van der Waals surface area contributed by atoms with Gasteiger partial charge in [0.15, 0.2) is 0 Å². The van der Waals surface area contributed by atoms with Crippen LogP contribution in [-0.2, 0) is 27.1 Å². The van der Waals surface area contributed by atoms with E-state index in [4.69, 9.17) is 9.47 Å². The lowest BCUT2D eigenvalue weighted by molar-refractivity contribution is -0.138. The summed E-state index contributed by atoms with van der Waals surface area (Å²) in [5.74, 6) is -0.493. The number of carbonyl (C=O) groups is 3. The van der Waals surface area contributed by atoms with Crippen molar-refractivity contribution in [2.75, 3.05) is 13.7 Å². The summed E-state index contributed by atoms with van der Waals surface area (Å²) in [6.07, 6.45) is 3.23. The van der Waals surface area contributed by atoms with Gasteiger partial charge in [-0.15, -0.1) is 11.3 Å². The number of thiazole rings is 1. The molecule has 1 N–H and O–H groups in total. The first-order valence-corrected chi connectivity index (χ1v) is 14.3. The van der Waals surface area contributed by atoms with Gasteiger partial charge in [0.05, 0.1) is 17.7 Å². The molecule has 9 heteroatoms. The number of amides is 2. The highest BCUT2D eigenvalue weighted by Crippen LogP contribution is 2.21. The number of aromatic nitrogens is 1. The number of esters is 1. The summed E-state index contributed by atoms with van der Waals surface area (Å²) in [5.41, 5.74) is 1.23.